The van der Waals surface area contributed by atoms with E-state index in [2.05, 4.69) is 15.8 Å². The number of carbonyl (C=O) groups is 2. The molecule has 0 saturated carbocycles. The smallest absolute Gasteiger partial charge is 0.329 e. The Kier molecular flexibility index (Phi) is 7.08. The lowest BCUT2D eigenvalue weighted by molar-refractivity contribution is -0.139. The Bertz CT molecular complexity index is 522. The molecule has 0 unspecified atom stereocenters. The van der Waals surface area contributed by atoms with Crippen LogP contribution in [0, 0.1) is 5.92 Å². The zero-order chi connectivity index (χ0) is 16.5. The highest BCUT2D eigenvalue weighted by Gasteiger charge is 2.11. The average Bonchev–Trinajstić information content (AvgIpc) is 2.45. The lowest BCUT2D eigenvalue weighted by atomic mass is 10.2. The summed E-state index contributed by atoms with van der Waals surface area (Å²) in [6, 6.07) is 7.26. The molecule has 0 atom stereocenters. The predicted octanol–water partition coefficient (Wildman–Crippen LogP) is 1.70. The van der Waals surface area contributed by atoms with Crippen LogP contribution in [-0.2, 0) is 9.59 Å². The molecule has 0 aliphatic carbocycles. The largest absolute Gasteiger partial charge is 0.491 e. The van der Waals surface area contributed by atoms with Gasteiger partial charge in [0.25, 0.3) is 0 Å². The summed E-state index contributed by atoms with van der Waals surface area (Å²) in [4.78, 5) is 22.9. The summed E-state index contributed by atoms with van der Waals surface area (Å²) in [6.07, 6.45) is 1.58. The van der Waals surface area contributed by atoms with Crippen LogP contribution in [0.25, 0.3) is 0 Å². The van der Waals surface area contributed by atoms with Gasteiger partial charge in [-0.15, -0.1) is 0 Å². The van der Waals surface area contributed by atoms with Crippen LogP contribution in [0.2, 0.25) is 0 Å². The normalized spacial score (nSPS) is 11.0. The summed E-state index contributed by atoms with van der Waals surface area (Å²) in [5.74, 6) is -0.417. The SMILES string of the molecule is CC(C)CNC(=O)C(=O)N/N=C\c1ccc(OC(C)C)cc1. The fourth-order valence-corrected chi connectivity index (χ4v) is 1.50. The van der Waals surface area contributed by atoms with Gasteiger partial charge >= 0.3 is 11.8 Å². The number of hydrogen-bond donors (Lipinski definition) is 2. The Morgan fingerprint density at radius 2 is 1.77 bits per heavy atom. The second kappa shape index (κ2) is 8.81. The van der Waals surface area contributed by atoms with E-state index in [1.807, 2.05) is 52.0 Å². The fourth-order valence-electron chi connectivity index (χ4n) is 1.50. The first kappa shape index (κ1) is 17.7. The first-order valence-electron chi connectivity index (χ1n) is 7.26. The van der Waals surface area contributed by atoms with E-state index in [0.29, 0.717) is 6.54 Å². The van der Waals surface area contributed by atoms with Crippen LogP contribution in [0.15, 0.2) is 29.4 Å². The predicted molar refractivity (Wildman–Crippen MR) is 85.8 cm³/mol. The van der Waals surface area contributed by atoms with Crippen molar-refractivity contribution in [3.05, 3.63) is 29.8 Å². The molecule has 0 aromatic heterocycles. The molecule has 2 amide bonds. The number of carbonyl (C=O) groups excluding carboxylic acids is 2. The van der Waals surface area contributed by atoms with E-state index in [0.717, 1.165) is 11.3 Å². The molecule has 0 aliphatic rings. The number of nitrogens with zero attached hydrogens (tertiary/aromatic N) is 1. The topological polar surface area (TPSA) is 79.8 Å². The van der Waals surface area contributed by atoms with Gasteiger partial charge < -0.3 is 10.1 Å². The maximum Gasteiger partial charge on any atom is 0.329 e. The fraction of sp³-hybridized carbons (Fsp3) is 0.438. The summed E-state index contributed by atoms with van der Waals surface area (Å²) in [5, 5.41) is 6.27. The van der Waals surface area contributed by atoms with E-state index < -0.39 is 11.8 Å². The third kappa shape index (κ3) is 6.88. The van der Waals surface area contributed by atoms with Crippen molar-refractivity contribution in [3.63, 3.8) is 0 Å². The molecule has 6 nitrogen and oxygen atoms in total. The minimum Gasteiger partial charge on any atom is -0.491 e. The summed E-state index contributed by atoms with van der Waals surface area (Å²) in [6.45, 7) is 8.25. The number of nitrogens with one attached hydrogen (secondary N) is 2. The molecule has 22 heavy (non-hydrogen) atoms. The third-order valence-electron chi connectivity index (χ3n) is 2.51. The van der Waals surface area contributed by atoms with Crippen LogP contribution in [0.5, 0.6) is 5.75 Å². The van der Waals surface area contributed by atoms with Gasteiger partial charge in [0, 0.05) is 6.54 Å². The second-order valence-electron chi connectivity index (χ2n) is 5.54. The molecule has 1 rings (SSSR count). The van der Waals surface area contributed by atoms with E-state index in [1.165, 1.54) is 6.21 Å². The summed E-state index contributed by atoms with van der Waals surface area (Å²) >= 11 is 0. The number of amides is 2. The molecule has 0 saturated heterocycles. The summed E-state index contributed by atoms with van der Waals surface area (Å²) in [5.41, 5.74) is 2.98. The van der Waals surface area contributed by atoms with Crippen molar-refractivity contribution in [2.75, 3.05) is 6.54 Å². The van der Waals surface area contributed by atoms with Crippen LogP contribution >= 0.6 is 0 Å². The molecular weight excluding hydrogens is 282 g/mol. The van der Waals surface area contributed by atoms with E-state index in [1.54, 1.807) is 0 Å². The van der Waals surface area contributed by atoms with E-state index in [4.69, 9.17) is 4.74 Å². The molecule has 1 aromatic rings. The number of rotatable bonds is 6. The van der Waals surface area contributed by atoms with Gasteiger partial charge in [-0.1, -0.05) is 13.8 Å². The molecular formula is C16H23N3O3. The molecule has 1 aromatic carbocycles. The van der Waals surface area contributed by atoms with Crippen LogP contribution in [0.3, 0.4) is 0 Å². The van der Waals surface area contributed by atoms with Crippen molar-refractivity contribution < 1.29 is 14.3 Å². The van der Waals surface area contributed by atoms with Crippen molar-refractivity contribution in [1.82, 2.24) is 10.7 Å². The minimum absolute atomic E-state index is 0.114. The standard InChI is InChI=1S/C16H23N3O3/c1-11(2)9-17-15(20)16(21)19-18-10-13-5-7-14(8-6-13)22-12(3)4/h5-8,10-12H,9H2,1-4H3,(H,17,20)(H,19,21)/b18-10-. The molecule has 0 bridgehead atoms. The zero-order valence-electron chi connectivity index (χ0n) is 13.4. The van der Waals surface area contributed by atoms with Crippen molar-refractivity contribution in [2.24, 2.45) is 11.0 Å². The quantitative estimate of drug-likeness (QED) is 0.477. The van der Waals surface area contributed by atoms with Gasteiger partial charge in [-0.3, -0.25) is 9.59 Å². The lowest BCUT2D eigenvalue weighted by Crippen LogP contribution is -2.39. The number of ether oxygens (including phenoxy) is 1. The van der Waals surface area contributed by atoms with Gasteiger partial charge in [-0.25, -0.2) is 5.43 Å². The molecule has 6 heteroatoms. The Balaban J connectivity index is 2.44. The zero-order valence-corrected chi connectivity index (χ0v) is 13.4. The first-order chi connectivity index (χ1) is 10.4. The van der Waals surface area contributed by atoms with Gasteiger partial charge in [-0.05, 0) is 49.6 Å². The number of benzene rings is 1. The highest BCUT2D eigenvalue weighted by atomic mass is 16.5. The van der Waals surface area contributed by atoms with E-state index in [9.17, 15) is 9.59 Å². The highest BCUT2D eigenvalue weighted by molar-refractivity contribution is 6.35. The Labute approximate surface area is 130 Å². The van der Waals surface area contributed by atoms with Crippen LogP contribution in [-0.4, -0.2) is 30.7 Å². The van der Waals surface area contributed by atoms with Crippen molar-refractivity contribution >= 4 is 18.0 Å². The second-order valence-corrected chi connectivity index (χ2v) is 5.54. The maximum atomic E-state index is 11.5. The lowest BCUT2D eigenvalue weighted by Gasteiger charge is -2.09. The third-order valence-corrected chi connectivity index (χ3v) is 2.51. The monoisotopic (exact) mass is 305 g/mol. The summed E-state index contributed by atoms with van der Waals surface area (Å²) < 4.78 is 5.52. The molecule has 0 aliphatic heterocycles. The molecule has 2 N–H and O–H groups in total. The Hall–Kier alpha value is -2.37. The molecule has 0 heterocycles. The van der Waals surface area contributed by atoms with Gasteiger partial charge in [0.05, 0.1) is 12.3 Å². The minimum atomic E-state index is -0.781. The van der Waals surface area contributed by atoms with E-state index >= 15 is 0 Å². The Morgan fingerprint density at radius 3 is 2.32 bits per heavy atom. The van der Waals surface area contributed by atoms with Gasteiger partial charge in [0.2, 0.25) is 0 Å². The molecule has 0 spiro atoms. The van der Waals surface area contributed by atoms with E-state index in [-0.39, 0.29) is 12.0 Å². The Morgan fingerprint density at radius 1 is 1.14 bits per heavy atom. The summed E-state index contributed by atoms with van der Waals surface area (Å²) in [7, 11) is 0. The van der Waals surface area contributed by atoms with Crippen LogP contribution < -0.4 is 15.5 Å². The van der Waals surface area contributed by atoms with Gasteiger partial charge in [-0.2, -0.15) is 5.10 Å². The van der Waals surface area contributed by atoms with Crippen LogP contribution in [0.4, 0.5) is 0 Å². The van der Waals surface area contributed by atoms with Crippen LogP contribution in [0.1, 0.15) is 33.3 Å². The molecule has 0 radical (unpaired) electrons. The van der Waals surface area contributed by atoms with Crippen molar-refractivity contribution in [3.8, 4) is 5.75 Å². The van der Waals surface area contributed by atoms with Crippen molar-refractivity contribution in [1.29, 1.82) is 0 Å². The molecule has 120 valence electrons. The maximum absolute atomic E-state index is 11.5. The van der Waals surface area contributed by atoms with Crippen molar-refractivity contribution in [2.45, 2.75) is 33.8 Å². The van der Waals surface area contributed by atoms with Gasteiger partial charge in [0.1, 0.15) is 5.75 Å². The highest BCUT2D eigenvalue weighted by Crippen LogP contribution is 2.12. The molecule has 0 fully saturated rings. The number of hydrazone groups is 1. The first-order valence-corrected chi connectivity index (χ1v) is 7.26. The van der Waals surface area contributed by atoms with Gasteiger partial charge in [0.15, 0.2) is 0 Å². The average molecular weight is 305 g/mol. The number of hydrogen-bond acceptors (Lipinski definition) is 4.